The Morgan fingerprint density at radius 3 is 2.00 bits per heavy atom. The van der Waals surface area contributed by atoms with Crippen LogP contribution in [0.25, 0.3) is 0 Å². The van der Waals surface area contributed by atoms with Crippen molar-refractivity contribution < 1.29 is 34.8 Å². The summed E-state index contributed by atoms with van der Waals surface area (Å²) in [5, 5.41) is 41.4. The molecule has 0 aliphatic heterocycles. The lowest BCUT2D eigenvalue weighted by atomic mass is 10.1. The molecule has 0 radical (unpaired) electrons. The van der Waals surface area contributed by atoms with Crippen LogP contribution < -0.4 is 16.4 Å². The summed E-state index contributed by atoms with van der Waals surface area (Å²) in [6.07, 6.45) is -2.85. The summed E-state index contributed by atoms with van der Waals surface area (Å²) in [7, 11) is 0. The Bertz CT molecular complexity index is 760. The van der Waals surface area contributed by atoms with Crippen molar-refractivity contribution in [1.82, 2.24) is 5.32 Å². The minimum atomic E-state index is -1.69. The first-order chi connectivity index (χ1) is 12.6. The maximum absolute atomic E-state index is 12.6. The number of anilines is 1. The highest BCUT2D eigenvalue weighted by molar-refractivity contribution is 14.1. The molecule has 1 aromatic rings. The summed E-state index contributed by atoms with van der Waals surface area (Å²) < 4.78 is 0.769. The van der Waals surface area contributed by atoms with E-state index in [1.165, 1.54) is 0 Å². The normalized spacial score (nSPS) is 13.0. The lowest BCUT2D eigenvalue weighted by Crippen LogP contribution is -2.36. The Morgan fingerprint density at radius 2 is 1.52 bits per heavy atom. The van der Waals surface area contributed by atoms with Crippen LogP contribution >= 0.6 is 67.8 Å². The smallest absolute Gasteiger partial charge is 0.255 e. The number of aliphatic hydroxyl groups is 4. The number of hydrogen-bond donors (Lipinski definition) is 7. The first-order valence-corrected chi connectivity index (χ1v) is 10.5. The molecule has 13 heteroatoms. The van der Waals surface area contributed by atoms with E-state index in [-0.39, 0.29) is 34.1 Å². The number of rotatable bonds is 8. The van der Waals surface area contributed by atoms with Crippen LogP contribution in [0.2, 0.25) is 0 Å². The van der Waals surface area contributed by atoms with Crippen LogP contribution in [0.4, 0.5) is 5.69 Å². The Balaban J connectivity index is 3.48. The maximum Gasteiger partial charge on any atom is 0.255 e. The highest BCUT2D eigenvalue weighted by Gasteiger charge is 2.28. The number of primary amides is 1. The molecule has 1 rings (SSSR count). The van der Waals surface area contributed by atoms with Crippen molar-refractivity contribution in [2.24, 2.45) is 5.73 Å². The third-order valence-corrected chi connectivity index (χ3v) is 6.46. The molecule has 2 atom stereocenters. The largest absolute Gasteiger partial charge is 0.394 e. The van der Waals surface area contributed by atoms with Gasteiger partial charge in [0.25, 0.3) is 17.7 Å². The SMILES string of the molecule is NC(=O)c1c(I)c(NC(=O)C(O)CO)c(I)c(C(=O)NCC(O)CO)c1I. The molecule has 27 heavy (non-hydrogen) atoms. The summed E-state index contributed by atoms with van der Waals surface area (Å²) in [5.41, 5.74) is 5.52. The van der Waals surface area contributed by atoms with E-state index in [1.54, 1.807) is 67.8 Å². The summed E-state index contributed by atoms with van der Waals surface area (Å²) in [6.45, 7) is -1.59. The molecule has 150 valence electrons. The van der Waals surface area contributed by atoms with Gasteiger partial charge in [-0.3, -0.25) is 14.4 Å². The lowest BCUT2D eigenvalue weighted by molar-refractivity contribution is -0.125. The number of aliphatic hydroxyl groups excluding tert-OH is 4. The fourth-order valence-electron chi connectivity index (χ4n) is 1.84. The van der Waals surface area contributed by atoms with Gasteiger partial charge in [-0.25, -0.2) is 0 Å². The number of benzene rings is 1. The minimum Gasteiger partial charge on any atom is -0.394 e. The maximum atomic E-state index is 12.6. The number of carbonyl (C=O) groups is 3. The van der Waals surface area contributed by atoms with E-state index in [0.29, 0.717) is 0 Å². The molecule has 0 fully saturated rings. The fraction of sp³-hybridized carbons (Fsp3) is 0.357. The molecule has 8 N–H and O–H groups in total. The van der Waals surface area contributed by atoms with Gasteiger partial charge in [-0.2, -0.15) is 0 Å². The standard InChI is InChI=1S/C14H16I3N3O7/c15-8-6(12(18)25)9(16)11(20-13(26)5(24)3-22)10(17)7(8)14(27)19-1-4(23)2-21/h4-5,21-24H,1-3H2,(H2,18,25)(H,19,27)(H,20,26). The first kappa shape index (κ1) is 24.7. The minimum absolute atomic E-state index is 0.00161. The third kappa shape index (κ3) is 6.07. The number of nitrogens with two attached hydrogens (primary N) is 1. The number of halogens is 3. The second kappa shape index (κ2) is 11.0. The molecule has 3 amide bonds. The van der Waals surface area contributed by atoms with Crippen LogP contribution in [0, 0.1) is 10.7 Å². The van der Waals surface area contributed by atoms with Gasteiger partial charge in [0, 0.05) is 10.1 Å². The van der Waals surface area contributed by atoms with Gasteiger partial charge in [-0.15, -0.1) is 0 Å². The molecule has 0 aliphatic rings. The predicted molar refractivity (Wildman–Crippen MR) is 120 cm³/mol. The zero-order chi connectivity index (χ0) is 20.9. The van der Waals surface area contributed by atoms with Crippen molar-refractivity contribution in [2.45, 2.75) is 12.2 Å². The lowest BCUT2D eigenvalue weighted by Gasteiger charge is -2.19. The van der Waals surface area contributed by atoms with Crippen LogP contribution in [-0.2, 0) is 4.79 Å². The van der Waals surface area contributed by atoms with Crippen LogP contribution in [-0.4, -0.2) is 70.1 Å². The second-order valence-electron chi connectivity index (χ2n) is 5.17. The van der Waals surface area contributed by atoms with Crippen LogP contribution in [0.15, 0.2) is 0 Å². The highest BCUT2D eigenvalue weighted by Crippen LogP contribution is 2.35. The Kier molecular flexibility index (Phi) is 10.1. The second-order valence-corrected chi connectivity index (χ2v) is 8.40. The average molecular weight is 719 g/mol. The molecule has 0 bridgehead atoms. The quantitative estimate of drug-likeness (QED) is 0.168. The monoisotopic (exact) mass is 719 g/mol. The van der Waals surface area contributed by atoms with E-state index < -0.39 is 43.1 Å². The van der Waals surface area contributed by atoms with Crippen LogP contribution in [0.3, 0.4) is 0 Å². The van der Waals surface area contributed by atoms with Crippen molar-refractivity contribution in [3.05, 3.63) is 21.8 Å². The number of amides is 3. The van der Waals surface area contributed by atoms with Crippen LogP contribution in [0.5, 0.6) is 0 Å². The van der Waals surface area contributed by atoms with Crippen molar-refractivity contribution in [2.75, 3.05) is 25.1 Å². The van der Waals surface area contributed by atoms with Gasteiger partial charge in [-0.05, 0) is 67.8 Å². The highest BCUT2D eigenvalue weighted by atomic mass is 127. The molecular formula is C14H16I3N3O7. The van der Waals surface area contributed by atoms with E-state index in [9.17, 15) is 24.6 Å². The molecule has 0 aliphatic carbocycles. The fourth-order valence-corrected chi connectivity index (χ4v) is 6.30. The van der Waals surface area contributed by atoms with Gasteiger partial charge in [0.1, 0.15) is 0 Å². The Morgan fingerprint density at radius 1 is 0.963 bits per heavy atom. The molecule has 10 nitrogen and oxygen atoms in total. The van der Waals surface area contributed by atoms with Crippen molar-refractivity contribution in [3.63, 3.8) is 0 Å². The summed E-state index contributed by atoms with van der Waals surface area (Å²) in [4.78, 5) is 36.4. The molecule has 0 saturated heterocycles. The van der Waals surface area contributed by atoms with Gasteiger partial charge in [-0.1, -0.05) is 0 Å². The number of nitrogens with one attached hydrogen (secondary N) is 2. The Hall–Kier alpha value is -0.340. The van der Waals surface area contributed by atoms with Gasteiger partial charge < -0.3 is 36.8 Å². The Labute approximate surface area is 194 Å². The van der Waals surface area contributed by atoms with E-state index in [1.807, 2.05) is 0 Å². The molecule has 2 unspecified atom stereocenters. The average Bonchev–Trinajstić information content (AvgIpc) is 2.61. The van der Waals surface area contributed by atoms with E-state index in [4.69, 9.17) is 15.9 Å². The van der Waals surface area contributed by atoms with Crippen LogP contribution in [0.1, 0.15) is 20.7 Å². The summed E-state index contributed by atoms with van der Waals surface area (Å²) >= 11 is 5.34. The van der Waals surface area contributed by atoms with E-state index in [2.05, 4.69) is 10.6 Å². The summed E-state index contributed by atoms with van der Waals surface area (Å²) in [6, 6.07) is 0. The van der Waals surface area contributed by atoms with Crippen molar-refractivity contribution >= 4 is 91.2 Å². The first-order valence-electron chi connectivity index (χ1n) is 7.23. The molecular weight excluding hydrogens is 703 g/mol. The van der Waals surface area contributed by atoms with Gasteiger partial charge in [0.15, 0.2) is 6.10 Å². The molecule has 0 spiro atoms. The molecule has 0 saturated carbocycles. The number of hydrogen-bond acceptors (Lipinski definition) is 7. The van der Waals surface area contributed by atoms with E-state index >= 15 is 0 Å². The summed E-state index contributed by atoms with van der Waals surface area (Å²) in [5.74, 6) is -2.41. The van der Waals surface area contributed by atoms with Gasteiger partial charge in [0.05, 0.1) is 43.3 Å². The zero-order valence-electron chi connectivity index (χ0n) is 13.5. The van der Waals surface area contributed by atoms with Crippen molar-refractivity contribution in [3.8, 4) is 0 Å². The zero-order valence-corrected chi connectivity index (χ0v) is 20.0. The van der Waals surface area contributed by atoms with Gasteiger partial charge in [0.2, 0.25) is 0 Å². The third-order valence-electron chi connectivity index (χ3n) is 3.22. The predicted octanol–water partition coefficient (Wildman–Crippen LogP) is -1.03. The number of carbonyl (C=O) groups excluding carboxylic acids is 3. The topological polar surface area (TPSA) is 182 Å². The molecule has 1 aromatic carbocycles. The van der Waals surface area contributed by atoms with E-state index in [0.717, 1.165) is 0 Å². The molecule has 0 aromatic heterocycles. The molecule has 0 heterocycles. The van der Waals surface area contributed by atoms with Gasteiger partial charge >= 0.3 is 0 Å². The van der Waals surface area contributed by atoms with Crippen molar-refractivity contribution in [1.29, 1.82) is 0 Å².